The summed E-state index contributed by atoms with van der Waals surface area (Å²) >= 11 is 0. The van der Waals surface area contributed by atoms with E-state index < -0.39 is 86.8 Å². The summed E-state index contributed by atoms with van der Waals surface area (Å²) in [6.07, 6.45) is 44.0. The molecule has 2 aliphatic heterocycles. The molecule has 2 saturated heterocycles. The topological polar surface area (TPSA) is 228 Å². The predicted octanol–water partition coefficient (Wildman–Crippen LogP) is 10.6. The number of hydrogen-bond acceptors (Lipinski definition) is 13. The molecule has 76 heavy (non-hydrogen) atoms. The molecule has 2 heterocycles. The number of nitrogens with one attached hydrogen (secondary N) is 1. The Morgan fingerprint density at radius 3 is 1.38 bits per heavy atom. The number of amides is 1. The SMILES string of the molecule is CCCCCC/C=C\C/C=C\CCCCCCCCCC(=O)NC(COC1OC(CO)C(OC2OC(CO)C(O)C(O)C2O)C(O)C1O)C(O)/C=C/CC/C=C/CC/C=C/CCCCCCCCCCCCCCCC. The third-order valence-electron chi connectivity index (χ3n) is 14.7. The highest BCUT2D eigenvalue weighted by Gasteiger charge is 2.51. The third kappa shape index (κ3) is 32.7. The van der Waals surface area contributed by atoms with E-state index in [1.54, 1.807) is 6.08 Å². The number of aliphatic hydroxyl groups excluding tert-OH is 8. The number of ether oxygens (including phenoxy) is 4. The number of hydrogen-bond donors (Lipinski definition) is 9. The van der Waals surface area contributed by atoms with Gasteiger partial charge in [0.15, 0.2) is 12.6 Å². The van der Waals surface area contributed by atoms with Crippen LogP contribution < -0.4 is 5.32 Å². The van der Waals surface area contributed by atoms with Gasteiger partial charge in [-0.3, -0.25) is 4.79 Å². The number of aliphatic hydroxyl groups is 8. The summed E-state index contributed by atoms with van der Waals surface area (Å²) in [5, 5.41) is 87.1. The van der Waals surface area contributed by atoms with Crippen molar-refractivity contribution in [2.24, 2.45) is 0 Å². The Morgan fingerprint density at radius 2 is 0.882 bits per heavy atom. The molecule has 0 spiro atoms. The van der Waals surface area contributed by atoms with Crippen molar-refractivity contribution in [1.29, 1.82) is 0 Å². The molecule has 1 amide bonds. The molecule has 0 aliphatic carbocycles. The lowest BCUT2D eigenvalue weighted by atomic mass is 9.97. The molecule has 2 rings (SSSR count). The molecular formula is C62H111NO13. The maximum atomic E-state index is 13.2. The lowest BCUT2D eigenvalue weighted by Crippen LogP contribution is -2.65. The Morgan fingerprint density at radius 1 is 0.474 bits per heavy atom. The molecule has 12 unspecified atom stereocenters. The average molecular weight is 1080 g/mol. The van der Waals surface area contributed by atoms with Gasteiger partial charge in [-0.1, -0.05) is 209 Å². The Kier molecular flexibility index (Phi) is 43.6. The standard InChI is InChI=1S/C62H111NO13/c1-3-5-7-9-11-13-15-17-19-21-23-24-25-26-27-28-29-31-33-35-37-39-41-43-45-51(66)50(63-54(67)46-44-42-40-38-36-34-32-30-22-20-18-16-14-12-10-8-6-4-2)49-73-61-59(72)57(70)60(53(48-65)75-61)76-62-58(71)56(69)55(68)52(47-64)74-62/h14,16,20,22,28-29,35,37,43,45,50-53,55-62,64-66,68-72H,3-13,15,17-19,21,23-27,30-34,36,38-42,44,46-49H2,1-2H3,(H,63,67)/b16-14-,22-20-,29-28+,37-35+,45-43+. The molecule has 0 aromatic heterocycles. The lowest BCUT2D eigenvalue weighted by Gasteiger charge is -2.46. The number of allylic oxidation sites excluding steroid dienone is 9. The molecule has 9 N–H and O–H groups in total. The lowest BCUT2D eigenvalue weighted by molar-refractivity contribution is -0.359. The number of rotatable bonds is 48. The van der Waals surface area contributed by atoms with Crippen LogP contribution in [0.1, 0.15) is 232 Å². The summed E-state index contributed by atoms with van der Waals surface area (Å²) < 4.78 is 22.8. The highest BCUT2D eigenvalue weighted by Crippen LogP contribution is 2.30. The van der Waals surface area contributed by atoms with E-state index in [4.69, 9.17) is 18.9 Å². The van der Waals surface area contributed by atoms with Crippen LogP contribution in [0, 0.1) is 0 Å². The Balaban J connectivity index is 1.79. The zero-order valence-electron chi connectivity index (χ0n) is 47.5. The number of carbonyl (C=O) groups excluding carboxylic acids is 1. The monoisotopic (exact) mass is 1080 g/mol. The molecule has 0 aromatic rings. The van der Waals surface area contributed by atoms with Gasteiger partial charge in [-0.15, -0.1) is 0 Å². The Labute approximate surface area is 460 Å². The summed E-state index contributed by atoms with van der Waals surface area (Å²) in [6, 6.07) is -0.945. The fraction of sp³-hybridized carbons (Fsp3) is 0.823. The summed E-state index contributed by atoms with van der Waals surface area (Å²) in [6.45, 7) is 2.76. The van der Waals surface area contributed by atoms with Crippen molar-refractivity contribution in [2.75, 3.05) is 19.8 Å². The van der Waals surface area contributed by atoms with E-state index in [1.165, 1.54) is 135 Å². The third-order valence-corrected chi connectivity index (χ3v) is 14.7. The molecule has 2 fully saturated rings. The molecule has 14 heteroatoms. The minimum Gasteiger partial charge on any atom is -0.394 e. The molecule has 14 nitrogen and oxygen atoms in total. The van der Waals surface area contributed by atoms with Gasteiger partial charge in [0.1, 0.15) is 48.8 Å². The maximum Gasteiger partial charge on any atom is 0.220 e. The first-order chi connectivity index (χ1) is 37.1. The molecule has 0 radical (unpaired) electrons. The zero-order valence-corrected chi connectivity index (χ0v) is 47.5. The fourth-order valence-electron chi connectivity index (χ4n) is 9.71. The van der Waals surface area contributed by atoms with E-state index in [2.05, 4.69) is 67.8 Å². The van der Waals surface area contributed by atoms with Crippen molar-refractivity contribution in [3.63, 3.8) is 0 Å². The van der Waals surface area contributed by atoms with Crippen molar-refractivity contribution in [3.05, 3.63) is 60.8 Å². The van der Waals surface area contributed by atoms with Gasteiger partial charge in [-0.05, 0) is 77.0 Å². The second-order valence-electron chi connectivity index (χ2n) is 21.5. The molecule has 12 atom stereocenters. The van der Waals surface area contributed by atoms with Gasteiger partial charge < -0.3 is 65.1 Å². The largest absolute Gasteiger partial charge is 0.394 e. The van der Waals surface area contributed by atoms with Crippen LogP contribution in [0.25, 0.3) is 0 Å². The molecule has 442 valence electrons. The van der Waals surface area contributed by atoms with Crippen LogP contribution in [0.15, 0.2) is 60.8 Å². The van der Waals surface area contributed by atoms with Crippen molar-refractivity contribution in [2.45, 2.75) is 306 Å². The zero-order chi connectivity index (χ0) is 55.3. The summed E-state index contributed by atoms with van der Waals surface area (Å²) in [5.74, 6) is -0.262. The first-order valence-electron chi connectivity index (χ1n) is 30.5. The summed E-state index contributed by atoms with van der Waals surface area (Å²) in [7, 11) is 0. The van der Waals surface area contributed by atoms with Crippen LogP contribution in [0.3, 0.4) is 0 Å². The minimum absolute atomic E-state index is 0.259. The Bertz CT molecular complexity index is 1510. The average Bonchev–Trinajstić information content (AvgIpc) is 3.42. The number of unbranched alkanes of at least 4 members (excludes halogenated alkanes) is 27. The van der Waals surface area contributed by atoms with Crippen molar-refractivity contribution >= 4 is 5.91 Å². The number of carbonyl (C=O) groups is 1. The van der Waals surface area contributed by atoms with Gasteiger partial charge in [-0.25, -0.2) is 0 Å². The first-order valence-corrected chi connectivity index (χ1v) is 30.5. The van der Waals surface area contributed by atoms with E-state index in [9.17, 15) is 45.6 Å². The van der Waals surface area contributed by atoms with Gasteiger partial charge in [0.25, 0.3) is 0 Å². The van der Waals surface area contributed by atoms with E-state index in [0.29, 0.717) is 12.8 Å². The van der Waals surface area contributed by atoms with E-state index >= 15 is 0 Å². The van der Waals surface area contributed by atoms with Gasteiger partial charge in [-0.2, -0.15) is 0 Å². The van der Waals surface area contributed by atoms with Crippen molar-refractivity contribution in [1.82, 2.24) is 5.32 Å². The first kappa shape index (κ1) is 69.8. The second kappa shape index (κ2) is 47.5. The van der Waals surface area contributed by atoms with Gasteiger partial charge >= 0.3 is 0 Å². The normalized spacial score (nSPS) is 25.3. The molecule has 0 bridgehead atoms. The van der Waals surface area contributed by atoms with E-state index in [1.807, 2.05) is 6.08 Å². The van der Waals surface area contributed by atoms with Gasteiger partial charge in [0, 0.05) is 6.42 Å². The van der Waals surface area contributed by atoms with Crippen LogP contribution in [0.2, 0.25) is 0 Å². The maximum absolute atomic E-state index is 13.2. The molecule has 0 saturated carbocycles. The van der Waals surface area contributed by atoms with Crippen molar-refractivity contribution < 1.29 is 64.6 Å². The smallest absolute Gasteiger partial charge is 0.220 e. The van der Waals surface area contributed by atoms with Gasteiger partial charge in [0.05, 0.1) is 32.0 Å². The fourth-order valence-corrected chi connectivity index (χ4v) is 9.71. The van der Waals surface area contributed by atoms with Crippen LogP contribution in [0.4, 0.5) is 0 Å². The van der Waals surface area contributed by atoms with Crippen LogP contribution >= 0.6 is 0 Å². The van der Waals surface area contributed by atoms with Gasteiger partial charge in [0.2, 0.25) is 5.91 Å². The van der Waals surface area contributed by atoms with E-state index in [-0.39, 0.29) is 18.9 Å². The van der Waals surface area contributed by atoms with E-state index in [0.717, 1.165) is 64.2 Å². The van der Waals surface area contributed by atoms with Crippen LogP contribution in [0.5, 0.6) is 0 Å². The molecule has 2 aliphatic rings. The van der Waals surface area contributed by atoms with Crippen molar-refractivity contribution in [3.8, 4) is 0 Å². The highest BCUT2D eigenvalue weighted by atomic mass is 16.7. The highest BCUT2D eigenvalue weighted by molar-refractivity contribution is 5.76. The Hall–Kier alpha value is -2.31. The van der Waals surface area contributed by atoms with Crippen LogP contribution in [-0.4, -0.2) is 140 Å². The molecular weight excluding hydrogens is 967 g/mol. The molecule has 0 aromatic carbocycles. The second-order valence-corrected chi connectivity index (χ2v) is 21.5. The minimum atomic E-state index is -1.80. The van der Waals surface area contributed by atoms with Crippen LogP contribution in [-0.2, 0) is 23.7 Å². The summed E-state index contributed by atoms with van der Waals surface area (Å²) in [4.78, 5) is 13.2. The summed E-state index contributed by atoms with van der Waals surface area (Å²) in [5.41, 5.74) is 0. The predicted molar refractivity (Wildman–Crippen MR) is 304 cm³/mol. The quantitative estimate of drug-likeness (QED) is 0.0204.